The van der Waals surface area contributed by atoms with Crippen molar-refractivity contribution in [2.45, 2.75) is 64.3 Å². The highest BCUT2D eigenvalue weighted by atomic mass is 19.4. The molecule has 1 aromatic rings. The molecule has 1 aliphatic carbocycles. The SMILES string of the molecule is CC(C)(C)C(=O)NC1(CN2CCC(CNC(=O)c3cc(C(F)(F)F)cc(C(F)(F)F)c3)CC2)CC1. The number of benzene rings is 1. The van der Waals surface area contributed by atoms with Crippen LogP contribution < -0.4 is 10.6 Å². The zero-order valence-corrected chi connectivity index (χ0v) is 20.0. The summed E-state index contributed by atoms with van der Waals surface area (Å²) in [6.45, 7) is 7.95. The highest BCUT2D eigenvalue weighted by molar-refractivity contribution is 5.94. The van der Waals surface area contributed by atoms with E-state index in [0.29, 0.717) is 12.1 Å². The van der Waals surface area contributed by atoms with Crippen LogP contribution in [-0.2, 0) is 17.1 Å². The first kappa shape index (κ1) is 27.3. The molecule has 2 fully saturated rings. The smallest absolute Gasteiger partial charge is 0.352 e. The lowest BCUT2D eigenvalue weighted by atomic mass is 9.94. The largest absolute Gasteiger partial charge is 0.416 e. The topological polar surface area (TPSA) is 61.4 Å². The second kappa shape index (κ2) is 9.63. The van der Waals surface area contributed by atoms with Crippen LogP contribution >= 0.6 is 0 Å². The Balaban J connectivity index is 1.52. The van der Waals surface area contributed by atoms with E-state index in [-0.39, 0.29) is 30.0 Å². The van der Waals surface area contributed by atoms with Crippen molar-refractivity contribution in [3.05, 3.63) is 34.9 Å². The molecule has 1 heterocycles. The van der Waals surface area contributed by atoms with E-state index < -0.39 is 40.4 Å². The fraction of sp³-hybridized carbons (Fsp3) is 0.667. The molecule has 0 bridgehead atoms. The van der Waals surface area contributed by atoms with Gasteiger partial charge in [0, 0.05) is 24.1 Å². The van der Waals surface area contributed by atoms with E-state index in [1.165, 1.54) is 0 Å². The number of hydrogen-bond donors (Lipinski definition) is 2. The molecule has 1 saturated carbocycles. The van der Waals surface area contributed by atoms with Gasteiger partial charge in [0.1, 0.15) is 0 Å². The van der Waals surface area contributed by atoms with Crippen molar-refractivity contribution < 1.29 is 35.9 Å². The Kier molecular flexibility index (Phi) is 7.51. The van der Waals surface area contributed by atoms with Gasteiger partial charge in [0.2, 0.25) is 5.91 Å². The number of carbonyl (C=O) groups is 2. The third-order valence-electron chi connectivity index (χ3n) is 6.55. The average molecular weight is 508 g/mol. The average Bonchev–Trinajstić information content (AvgIpc) is 3.49. The van der Waals surface area contributed by atoms with Crippen LogP contribution in [0.2, 0.25) is 0 Å². The molecule has 5 nitrogen and oxygen atoms in total. The van der Waals surface area contributed by atoms with Gasteiger partial charge >= 0.3 is 12.4 Å². The zero-order valence-electron chi connectivity index (χ0n) is 20.0. The predicted molar refractivity (Wildman–Crippen MR) is 118 cm³/mol. The molecule has 2 aliphatic rings. The van der Waals surface area contributed by atoms with Crippen LogP contribution in [-0.4, -0.2) is 48.4 Å². The van der Waals surface area contributed by atoms with Crippen molar-refractivity contribution in [3.63, 3.8) is 0 Å². The van der Waals surface area contributed by atoms with E-state index in [2.05, 4.69) is 15.5 Å². The lowest BCUT2D eigenvalue weighted by Crippen LogP contribution is -2.51. The molecule has 0 unspecified atom stereocenters. The lowest BCUT2D eigenvalue weighted by molar-refractivity contribution is -0.143. The van der Waals surface area contributed by atoms with Gasteiger partial charge in [-0.1, -0.05) is 20.8 Å². The minimum atomic E-state index is -5.01. The summed E-state index contributed by atoms with van der Waals surface area (Å²) in [7, 11) is 0. The third-order valence-corrected chi connectivity index (χ3v) is 6.55. The summed E-state index contributed by atoms with van der Waals surface area (Å²) in [5, 5.41) is 5.65. The number of halogens is 6. The van der Waals surface area contributed by atoms with Crippen molar-refractivity contribution in [2.24, 2.45) is 11.3 Å². The van der Waals surface area contributed by atoms with Crippen LogP contribution in [0, 0.1) is 11.3 Å². The second-order valence-corrected chi connectivity index (χ2v) is 10.7. The lowest BCUT2D eigenvalue weighted by Gasteiger charge is -2.35. The molecule has 35 heavy (non-hydrogen) atoms. The number of piperidine rings is 1. The van der Waals surface area contributed by atoms with Gasteiger partial charge in [0.25, 0.3) is 5.91 Å². The van der Waals surface area contributed by atoms with E-state index in [1.54, 1.807) is 0 Å². The Hall–Kier alpha value is -2.30. The van der Waals surface area contributed by atoms with Gasteiger partial charge in [0.15, 0.2) is 0 Å². The highest BCUT2D eigenvalue weighted by Crippen LogP contribution is 2.38. The molecule has 0 atom stereocenters. The number of nitrogens with zero attached hydrogens (tertiary/aromatic N) is 1. The van der Waals surface area contributed by atoms with Gasteiger partial charge in [0.05, 0.1) is 16.7 Å². The van der Waals surface area contributed by atoms with Gasteiger partial charge in [-0.15, -0.1) is 0 Å². The van der Waals surface area contributed by atoms with Crippen LogP contribution in [0.4, 0.5) is 26.3 Å². The molecule has 2 amide bonds. The second-order valence-electron chi connectivity index (χ2n) is 10.7. The standard InChI is InChI=1S/C24H31F6N3O2/c1-21(2,3)20(35)32-22(6-7-22)14-33-8-4-15(5-9-33)13-31-19(34)16-10-17(23(25,26)27)12-18(11-16)24(28,29)30/h10-12,15H,4-9,13-14H2,1-3H3,(H,31,34)(H,32,35). The molecule has 196 valence electrons. The maximum Gasteiger partial charge on any atom is 0.416 e. The summed E-state index contributed by atoms with van der Waals surface area (Å²) in [4.78, 5) is 27.0. The summed E-state index contributed by atoms with van der Waals surface area (Å²) >= 11 is 0. The number of alkyl halides is 6. The van der Waals surface area contributed by atoms with E-state index in [9.17, 15) is 35.9 Å². The minimum absolute atomic E-state index is 0.00303. The van der Waals surface area contributed by atoms with Gasteiger partial charge in [-0.3, -0.25) is 9.59 Å². The van der Waals surface area contributed by atoms with Crippen LogP contribution in [0.3, 0.4) is 0 Å². The summed E-state index contributed by atoms with van der Waals surface area (Å²) in [6.07, 6.45) is -6.73. The Morgan fingerprint density at radius 1 is 0.943 bits per heavy atom. The number of carbonyl (C=O) groups excluding carboxylic acids is 2. The van der Waals surface area contributed by atoms with E-state index in [1.807, 2.05) is 20.8 Å². The molecule has 0 radical (unpaired) electrons. The summed E-state index contributed by atoms with van der Waals surface area (Å²) in [6, 6.07) is 0.880. The van der Waals surface area contributed by atoms with Gasteiger partial charge in [-0.25, -0.2) is 0 Å². The predicted octanol–water partition coefficient (Wildman–Crippen LogP) is 4.86. The van der Waals surface area contributed by atoms with Crippen molar-refractivity contribution in [2.75, 3.05) is 26.2 Å². The van der Waals surface area contributed by atoms with Crippen molar-refractivity contribution in [3.8, 4) is 0 Å². The molecule has 0 aromatic heterocycles. The number of nitrogens with one attached hydrogen (secondary N) is 2. The molecule has 0 spiro atoms. The van der Waals surface area contributed by atoms with Crippen LogP contribution in [0.25, 0.3) is 0 Å². The van der Waals surface area contributed by atoms with Gasteiger partial charge in [-0.05, 0) is 62.9 Å². The first-order valence-electron chi connectivity index (χ1n) is 11.6. The maximum atomic E-state index is 13.0. The number of likely N-dealkylation sites (tertiary alicyclic amines) is 1. The summed E-state index contributed by atoms with van der Waals surface area (Å²) < 4.78 is 78.2. The Morgan fingerprint density at radius 2 is 1.46 bits per heavy atom. The molecule has 3 rings (SSSR count). The molecule has 2 N–H and O–H groups in total. The minimum Gasteiger partial charge on any atom is -0.352 e. The van der Waals surface area contributed by atoms with Crippen LogP contribution in [0.1, 0.15) is 67.9 Å². The Labute approximate surface area is 200 Å². The molecular formula is C24H31F6N3O2. The van der Waals surface area contributed by atoms with Gasteiger partial charge < -0.3 is 15.5 Å². The molecule has 1 aromatic carbocycles. The number of hydrogen-bond acceptors (Lipinski definition) is 3. The first-order chi connectivity index (χ1) is 16.0. The maximum absolute atomic E-state index is 13.0. The zero-order chi connectivity index (χ0) is 26.2. The monoisotopic (exact) mass is 507 g/mol. The molecule has 1 aliphatic heterocycles. The van der Waals surface area contributed by atoms with Gasteiger partial charge in [-0.2, -0.15) is 26.3 Å². The summed E-state index contributed by atoms with van der Waals surface area (Å²) in [5.74, 6) is -0.899. The normalized spacial score (nSPS) is 19.3. The number of rotatable bonds is 6. The summed E-state index contributed by atoms with van der Waals surface area (Å²) in [5.41, 5.74) is -4.38. The van der Waals surface area contributed by atoms with E-state index >= 15 is 0 Å². The highest BCUT2D eigenvalue weighted by Gasteiger charge is 2.47. The Morgan fingerprint density at radius 3 is 1.89 bits per heavy atom. The molecular weight excluding hydrogens is 476 g/mol. The van der Waals surface area contributed by atoms with Crippen molar-refractivity contribution in [1.82, 2.24) is 15.5 Å². The quantitative estimate of drug-likeness (QED) is 0.541. The fourth-order valence-corrected chi connectivity index (χ4v) is 4.10. The Bertz CT molecular complexity index is 908. The molecule has 1 saturated heterocycles. The number of amides is 2. The van der Waals surface area contributed by atoms with Crippen LogP contribution in [0.15, 0.2) is 18.2 Å². The third kappa shape index (κ3) is 7.35. The van der Waals surface area contributed by atoms with E-state index in [4.69, 9.17) is 0 Å². The van der Waals surface area contributed by atoms with Crippen molar-refractivity contribution in [1.29, 1.82) is 0 Å². The first-order valence-corrected chi connectivity index (χ1v) is 11.6. The van der Waals surface area contributed by atoms with Crippen LogP contribution in [0.5, 0.6) is 0 Å². The fourth-order valence-electron chi connectivity index (χ4n) is 4.10. The van der Waals surface area contributed by atoms with Crippen molar-refractivity contribution >= 4 is 11.8 Å². The molecule has 11 heteroatoms. The van der Waals surface area contributed by atoms with E-state index in [0.717, 1.165) is 45.3 Å².